The lowest BCUT2D eigenvalue weighted by Gasteiger charge is -2.14. The number of halogens is 5. The van der Waals surface area contributed by atoms with Gasteiger partial charge in [-0.15, -0.1) is 12.4 Å². The molecular weight excluding hydrogens is 342 g/mol. The Hall–Kier alpha value is -1.57. The molecule has 0 spiro atoms. The van der Waals surface area contributed by atoms with Gasteiger partial charge in [0.1, 0.15) is 0 Å². The number of hydrogen-bond acceptors (Lipinski definition) is 4. The zero-order chi connectivity index (χ0) is 15.6. The molecule has 0 amide bonds. The predicted octanol–water partition coefficient (Wildman–Crippen LogP) is 3.43. The van der Waals surface area contributed by atoms with Crippen LogP contribution in [0.1, 0.15) is 10.4 Å². The summed E-state index contributed by atoms with van der Waals surface area (Å²) >= 11 is 5.82. The number of nitrogens with one attached hydrogen (secondary N) is 1. The Morgan fingerprint density at radius 1 is 1.36 bits per heavy atom. The number of pyridine rings is 1. The highest BCUT2D eigenvalue weighted by molar-refractivity contribution is 6.31. The quantitative estimate of drug-likeness (QED) is 0.826. The summed E-state index contributed by atoms with van der Waals surface area (Å²) in [6, 6.07) is 4.53. The average Bonchev–Trinajstić information content (AvgIpc) is 2.42. The van der Waals surface area contributed by atoms with Gasteiger partial charge in [0.25, 0.3) is 5.78 Å². The largest absolute Gasteiger partial charge is 0.455 e. The molecule has 120 valence electrons. The predicted molar refractivity (Wildman–Crippen MR) is 81.9 cm³/mol. The van der Waals surface area contributed by atoms with Crippen molar-refractivity contribution in [3.63, 3.8) is 0 Å². The highest BCUT2D eigenvalue weighted by Crippen LogP contribution is 2.32. The van der Waals surface area contributed by atoms with E-state index in [9.17, 15) is 18.0 Å². The van der Waals surface area contributed by atoms with Crippen molar-refractivity contribution in [2.75, 3.05) is 18.4 Å². The molecule has 0 aliphatic carbocycles. The van der Waals surface area contributed by atoms with Crippen LogP contribution in [0.3, 0.4) is 0 Å². The first-order valence-electron chi connectivity index (χ1n) is 5.98. The highest BCUT2D eigenvalue weighted by atomic mass is 35.5. The SMILES string of the molecule is Cl.NCCNc1c(C(=O)C(F)(F)F)cnc2cc(Cl)ccc12. The standard InChI is InChI=1S/C13H11ClF3N3O.ClH/c14-7-1-2-8-10(5-7)20-6-9(11(8)19-4-3-18)12(21)13(15,16)17;/h1-2,5-6H,3-4,18H2,(H,19,20);1H. The van der Waals surface area contributed by atoms with E-state index in [-0.39, 0.29) is 31.2 Å². The number of rotatable bonds is 4. The van der Waals surface area contributed by atoms with Gasteiger partial charge in [0, 0.05) is 29.7 Å². The molecule has 0 aliphatic rings. The van der Waals surface area contributed by atoms with Crippen LogP contribution < -0.4 is 11.1 Å². The summed E-state index contributed by atoms with van der Waals surface area (Å²) in [5.74, 6) is -1.95. The van der Waals surface area contributed by atoms with Gasteiger partial charge in [0.2, 0.25) is 0 Å². The number of benzene rings is 1. The summed E-state index contributed by atoms with van der Waals surface area (Å²) in [5.41, 5.74) is 5.26. The Bertz CT molecular complexity index is 692. The van der Waals surface area contributed by atoms with E-state index < -0.39 is 17.5 Å². The normalized spacial score (nSPS) is 11.1. The molecule has 1 aromatic carbocycles. The first-order valence-corrected chi connectivity index (χ1v) is 6.36. The number of aromatic nitrogens is 1. The third-order valence-electron chi connectivity index (χ3n) is 2.78. The van der Waals surface area contributed by atoms with Crippen molar-refractivity contribution in [3.8, 4) is 0 Å². The lowest BCUT2D eigenvalue weighted by molar-refractivity contribution is -0.0884. The van der Waals surface area contributed by atoms with Gasteiger partial charge in [-0.05, 0) is 18.2 Å². The van der Waals surface area contributed by atoms with Crippen LogP contribution in [0.2, 0.25) is 5.02 Å². The van der Waals surface area contributed by atoms with Crippen LogP contribution in [0.15, 0.2) is 24.4 Å². The number of ketones is 1. The van der Waals surface area contributed by atoms with Crippen LogP contribution in [0, 0.1) is 0 Å². The fraction of sp³-hybridized carbons (Fsp3) is 0.231. The molecule has 1 heterocycles. The molecule has 0 unspecified atom stereocenters. The average molecular weight is 354 g/mol. The lowest BCUT2D eigenvalue weighted by Crippen LogP contribution is -2.25. The number of nitrogens with zero attached hydrogens (tertiary/aromatic N) is 1. The summed E-state index contributed by atoms with van der Waals surface area (Å²) in [4.78, 5) is 15.4. The van der Waals surface area contributed by atoms with Crippen LogP contribution in [0.25, 0.3) is 10.9 Å². The molecule has 0 atom stereocenters. The Morgan fingerprint density at radius 2 is 2.05 bits per heavy atom. The number of anilines is 1. The number of fused-ring (bicyclic) bond motifs is 1. The van der Waals surface area contributed by atoms with E-state index in [2.05, 4.69) is 10.3 Å². The second kappa shape index (κ2) is 7.13. The maximum absolute atomic E-state index is 12.7. The highest BCUT2D eigenvalue weighted by Gasteiger charge is 2.41. The lowest BCUT2D eigenvalue weighted by atomic mass is 10.1. The Labute approximate surface area is 135 Å². The smallest absolute Gasteiger partial charge is 0.383 e. The topological polar surface area (TPSA) is 68.0 Å². The van der Waals surface area contributed by atoms with E-state index >= 15 is 0 Å². The maximum atomic E-state index is 12.7. The molecule has 0 saturated heterocycles. The summed E-state index contributed by atoms with van der Waals surface area (Å²) in [5, 5.41) is 3.53. The fourth-order valence-corrected chi connectivity index (χ4v) is 2.05. The van der Waals surface area contributed by atoms with Gasteiger partial charge in [-0.2, -0.15) is 13.2 Å². The van der Waals surface area contributed by atoms with E-state index in [0.29, 0.717) is 15.9 Å². The van der Waals surface area contributed by atoms with Gasteiger partial charge in [-0.25, -0.2) is 0 Å². The number of Topliss-reactive ketones (excluding diaryl/α,β-unsaturated/α-hetero) is 1. The Balaban J connectivity index is 0.00000242. The molecule has 0 aliphatic heterocycles. The minimum atomic E-state index is -4.97. The van der Waals surface area contributed by atoms with Gasteiger partial charge in [-0.3, -0.25) is 9.78 Å². The van der Waals surface area contributed by atoms with E-state index in [1.165, 1.54) is 18.2 Å². The minimum Gasteiger partial charge on any atom is -0.383 e. The van der Waals surface area contributed by atoms with Crippen molar-refractivity contribution in [2.45, 2.75) is 6.18 Å². The number of alkyl halides is 3. The third kappa shape index (κ3) is 3.79. The zero-order valence-corrected chi connectivity index (χ0v) is 12.6. The van der Waals surface area contributed by atoms with Crippen molar-refractivity contribution in [1.82, 2.24) is 4.98 Å². The number of hydrogen-bond donors (Lipinski definition) is 2. The van der Waals surface area contributed by atoms with E-state index in [1.54, 1.807) is 0 Å². The van der Waals surface area contributed by atoms with Crippen molar-refractivity contribution >= 4 is 46.4 Å². The fourth-order valence-electron chi connectivity index (χ4n) is 1.88. The van der Waals surface area contributed by atoms with Crippen LogP contribution in [-0.2, 0) is 0 Å². The molecule has 1 aromatic heterocycles. The number of carbonyl (C=O) groups is 1. The van der Waals surface area contributed by atoms with Crippen molar-refractivity contribution in [2.24, 2.45) is 5.73 Å². The van der Waals surface area contributed by atoms with E-state index in [0.717, 1.165) is 6.20 Å². The molecule has 0 bridgehead atoms. The first-order chi connectivity index (χ1) is 9.84. The summed E-state index contributed by atoms with van der Waals surface area (Å²) < 4.78 is 38.0. The first kappa shape index (κ1) is 18.5. The van der Waals surface area contributed by atoms with Crippen molar-refractivity contribution in [3.05, 3.63) is 35.0 Å². The minimum absolute atomic E-state index is 0. The molecular formula is C13H12Cl2F3N3O. The van der Waals surface area contributed by atoms with Gasteiger partial charge >= 0.3 is 6.18 Å². The Kier molecular flexibility index (Phi) is 5.99. The molecule has 0 radical (unpaired) electrons. The van der Waals surface area contributed by atoms with Crippen molar-refractivity contribution in [1.29, 1.82) is 0 Å². The van der Waals surface area contributed by atoms with Crippen LogP contribution >= 0.6 is 24.0 Å². The van der Waals surface area contributed by atoms with Crippen LogP contribution in [-0.4, -0.2) is 30.0 Å². The van der Waals surface area contributed by atoms with Gasteiger partial charge in [0.15, 0.2) is 0 Å². The van der Waals surface area contributed by atoms with Gasteiger partial charge in [-0.1, -0.05) is 11.6 Å². The molecule has 22 heavy (non-hydrogen) atoms. The second-order valence-electron chi connectivity index (χ2n) is 4.25. The van der Waals surface area contributed by atoms with E-state index in [4.69, 9.17) is 17.3 Å². The molecule has 4 nitrogen and oxygen atoms in total. The van der Waals surface area contributed by atoms with Crippen LogP contribution in [0.4, 0.5) is 18.9 Å². The molecule has 3 N–H and O–H groups in total. The van der Waals surface area contributed by atoms with E-state index in [1.807, 2.05) is 0 Å². The summed E-state index contributed by atoms with van der Waals surface area (Å²) in [6.07, 6.45) is -4.08. The number of nitrogens with two attached hydrogens (primary N) is 1. The summed E-state index contributed by atoms with van der Waals surface area (Å²) in [7, 11) is 0. The summed E-state index contributed by atoms with van der Waals surface area (Å²) in [6.45, 7) is 0.428. The van der Waals surface area contributed by atoms with Crippen molar-refractivity contribution < 1.29 is 18.0 Å². The van der Waals surface area contributed by atoms with Crippen LogP contribution in [0.5, 0.6) is 0 Å². The number of carbonyl (C=O) groups excluding carboxylic acids is 1. The Morgan fingerprint density at radius 3 is 2.64 bits per heavy atom. The molecule has 2 rings (SSSR count). The monoisotopic (exact) mass is 353 g/mol. The zero-order valence-electron chi connectivity index (χ0n) is 11.1. The third-order valence-corrected chi connectivity index (χ3v) is 3.01. The molecule has 0 saturated carbocycles. The molecule has 0 fully saturated rings. The van der Waals surface area contributed by atoms with Gasteiger partial charge in [0.05, 0.1) is 16.8 Å². The molecule has 2 aromatic rings. The second-order valence-corrected chi connectivity index (χ2v) is 4.69. The van der Waals surface area contributed by atoms with Gasteiger partial charge < -0.3 is 11.1 Å². The maximum Gasteiger partial charge on any atom is 0.455 e. The molecule has 9 heteroatoms.